The van der Waals surface area contributed by atoms with Crippen molar-refractivity contribution >= 4 is 0 Å². The summed E-state index contributed by atoms with van der Waals surface area (Å²) in [6.45, 7) is 23.5. The molecule has 0 bridgehead atoms. The number of likely N-dealkylation sites (N-methyl/N-ethyl adjacent to an activating group) is 2. The molecule has 4 heteroatoms. The van der Waals surface area contributed by atoms with Crippen LogP contribution in [0.25, 0.3) is 0 Å². The predicted octanol–water partition coefficient (Wildman–Crippen LogP) is 6.11. The fourth-order valence-corrected chi connectivity index (χ4v) is 4.33. The molecule has 2 unspecified atom stereocenters. The molecule has 0 N–H and O–H groups in total. The maximum absolute atomic E-state index is 6.45. The van der Waals surface area contributed by atoms with Crippen LogP contribution in [0.3, 0.4) is 0 Å². The van der Waals surface area contributed by atoms with Crippen LogP contribution in [0.2, 0.25) is 0 Å². The van der Waals surface area contributed by atoms with Gasteiger partial charge in [0.1, 0.15) is 23.7 Å². The van der Waals surface area contributed by atoms with E-state index in [0.29, 0.717) is 0 Å². The molecule has 0 amide bonds. The fraction of sp³-hybridized carbons (Fsp3) is 0.586. The summed E-state index contributed by atoms with van der Waals surface area (Å²) >= 11 is 0. The number of rotatable bonds is 14. The van der Waals surface area contributed by atoms with Crippen molar-refractivity contribution in [2.75, 3.05) is 39.3 Å². The maximum atomic E-state index is 6.45. The number of benzene rings is 2. The Morgan fingerprint density at radius 3 is 1.33 bits per heavy atom. The van der Waals surface area contributed by atoms with Gasteiger partial charge in [-0.25, -0.2) is 0 Å². The SMILES string of the molecule is CCN(CC)CC(C)Oc1ccc(C)cc1Cc1cc(C)ccc1OC(C)CN(CC)CC. The number of aryl methyl sites for hydroxylation is 2. The van der Waals surface area contributed by atoms with Crippen molar-refractivity contribution in [2.45, 2.75) is 74.0 Å². The van der Waals surface area contributed by atoms with Crippen molar-refractivity contribution in [3.63, 3.8) is 0 Å². The first-order chi connectivity index (χ1) is 15.8. The first-order valence-electron chi connectivity index (χ1n) is 12.8. The zero-order chi connectivity index (χ0) is 24.4. The minimum atomic E-state index is 0.133. The van der Waals surface area contributed by atoms with Gasteiger partial charge in [-0.15, -0.1) is 0 Å². The molecule has 0 aliphatic heterocycles. The van der Waals surface area contributed by atoms with Crippen LogP contribution in [0.4, 0.5) is 0 Å². The summed E-state index contributed by atoms with van der Waals surface area (Å²) in [4.78, 5) is 4.81. The minimum Gasteiger partial charge on any atom is -0.489 e. The van der Waals surface area contributed by atoms with E-state index in [-0.39, 0.29) is 12.2 Å². The molecule has 33 heavy (non-hydrogen) atoms. The van der Waals surface area contributed by atoms with Crippen molar-refractivity contribution in [3.05, 3.63) is 58.7 Å². The Morgan fingerprint density at radius 2 is 1.00 bits per heavy atom. The van der Waals surface area contributed by atoms with Gasteiger partial charge < -0.3 is 19.3 Å². The van der Waals surface area contributed by atoms with Gasteiger partial charge in [-0.05, 0) is 77.1 Å². The van der Waals surface area contributed by atoms with Crippen LogP contribution in [-0.2, 0) is 6.42 Å². The minimum absolute atomic E-state index is 0.133. The van der Waals surface area contributed by atoms with Crippen LogP contribution in [0.5, 0.6) is 11.5 Å². The molecular formula is C29H46N2O2. The second-order valence-electron chi connectivity index (χ2n) is 9.23. The highest BCUT2D eigenvalue weighted by molar-refractivity contribution is 5.45. The average Bonchev–Trinajstić information content (AvgIpc) is 2.79. The summed E-state index contributed by atoms with van der Waals surface area (Å²) < 4.78 is 12.9. The molecule has 2 aromatic rings. The third-order valence-electron chi connectivity index (χ3n) is 6.29. The third kappa shape index (κ3) is 8.68. The first kappa shape index (κ1) is 27.2. The Labute approximate surface area is 202 Å². The van der Waals surface area contributed by atoms with E-state index in [1.165, 1.54) is 22.3 Å². The second-order valence-corrected chi connectivity index (χ2v) is 9.23. The molecule has 0 saturated heterocycles. The summed E-state index contributed by atoms with van der Waals surface area (Å²) in [7, 11) is 0. The third-order valence-corrected chi connectivity index (χ3v) is 6.29. The lowest BCUT2D eigenvalue weighted by Gasteiger charge is -2.25. The van der Waals surface area contributed by atoms with Crippen molar-refractivity contribution in [2.24, 2.45) is 0 Å². The Bertz CT molecular complexity index is 774. The molecular weight excluding hydrogens is 408 g/mol. The zero-order valence-corrected chi connectivity index (χ0v) is 22.3. The highest BCUT2D eigenvalue weighted by Gasteiger charge is 2.16. The van der Waals surface area contributed by atoms with Crippen LogP contribution in [0, 0.1) is 13.8 Å². The number of hydrogen-bond acceptors (Lipinski definition) is 4. The van der Waals surface area contributed by atoms with Crippen molar-refractivity contribution in [3.8, 4) is 11.5 Å². The van der Waals surface area contributed by atoms with Crippen LogP contribution < -0.4 is 9.47 Å². The van der Waals surface area contributed by atoms with Crippen molar-refractivity contribution in [1.29, 1.82) is 0 Å². The number of nitrogens with zero attached hydrogens (tertiary/aromatic N) is 2. The number of ether oxygens (including phenoxy) is 2. The molecule has 2 aromatic carbocycles. The van der Waals surface area contributed by atoms with Crippen LogP contribution >= 0.6 is 0 Å². The molecule has 0 saturated carbocycles. The lowest BCUT2D eigenvalue weighted by molar-refractivity contribution is 0.151. The Kier molecular flexibility index (Phi) is 11.2. The molecule has 0 fully saturated rings. The van der Waals surface area contributed by atoms with Gasteiger partial charge in [-0.2, -0.15) is 0 Å². The van der Waals surface area contributed by atoms with E-state index in [1.54, 1.807) is 0 Å². The fourth-order valence-electron chi connectivity index (χ4n) is 4.33. The van der Waals surface area contributed by atoms with Gasteiger partial charge in [0.2, 0.25) is 0 Å². The molecule has 2 rings (SSSR count). The quantitative estimate of drug-likeness (QED) is 0.344. The summed E-state index contributed by atoms with van der Waals surface area (Å²) in [5.74, 6) is 1.95. The highest BCUT2D eigenvalue weighted by Crippen LogP contribution is 2.29. The molecule has 0 aromatic heterocycles. The van der Waals surface area contributed by atoms with E-state index in [9.17, 15) is 0 Å². The summed E-state index contributed by atoms with van der Waals surface area (Å²) in [5, 5.41) is 0. The highest BCUT2D eigenvalue weighted by atomic mass is 16.5. The molecule has 184 valence electrons. The first-order valence-corrected chi connectivity index (χ1v) is 12.8. The molecule has 0 radical (unpaired) electrons. The van der Waals surface area contributed by atoms with Gasteiger partial charge in [-0.3, -0.25) is 0 Å². The van der Waals surface area contributed by atoms with Crippen molar-refractivity contribution < 1.29 is 9.47 Å². The lowest BCUT2D eigenvalue weighted by Crippen LogP contribution is -2.34. The van der Waals surface area contributed by atoms with Gasteiger partial charge >= 0.3 is 0 Å². The summed E-state index contributed by atoms with van der Waals surface area (Å²) in [6.07, 6.45) is 1.06. The molecule has 2 atom stereocenters. The van der Waals surface area contributed by atoms with Gasteiger partial charge in [0, 0.05) is 19.5 Å². The van der Waals surface area contributed by atoms with Crippen molar-refractivity contribution in [1.82, 2.24) is 9.80 Å². The van der Waals surface area contributed by atoms with E-state index in [2.05, 4.69) is 102 Å². The Balaban J connectivity index is 2.24. The molecule has 0 spiro atoms. The normalized spacial score (nSPS) is 13.4. The monoisotopic (exact) mass is 454 g/mol. The van der Waals surface area contributed by atoms with Gasteiger partial charge in [0.15, 0.2) is 0 Å². The van der Waals surface area contributed by atoms with Crippen LogP contribution in [0.1, 0.15) is 63.8 Å². The average molecular weight is 455 g/mol. The summed E-state index contributed by atoms with van der Waals surface area (Å²) in [5.41, 5.74) is 4.93. The molecule has 4 nitrogen and oxygen atoms in total. The lowest BCUT2D eigenvalue weighted by atomic mass is 9.99. The van der Waals surface area contributed by atoms with E-state index in [1.807, 2.05) is 0 Å². The number of hydrogen-bond donors (Lipinski definition) is 0. The second kappa shape index (κ2) is 13.6. The predicted molar refractivity (Wildman–Crippen MR) is 141 cm³/mol. The molecule has 0 aliphatic rings. The van der Waals surface area contributed by atoms with Gasteiger partial charge in [-0.1, -0.05) is 63.1 Å². The van der Waals surface area contributed by atoms with Gasteiger partial charge in [0.25, 0.3) is 0 Å². The zero-order valence-electron chi connectivity index (χ0n) is 22.3. The van der Waals surface area contributed by atoms with E-state index >= 15 is 0 Å². The van der Waals surface area contributed by atoms with Crippen LogP contribution in [-0.4, -0.2) is 61.3 Å². The molecule has 0 aliphatic carbocycles. The maximum Gasteiger partial charge on any atom is 0.123 e. The van der Waals surface area contributed by atoms with Crippen LogP contribution in [0.15, 0.2) is 36.4 Å². The van der Waals surface area contributed by atoms with E-state index < -0.39 is 0 Å². The van der Waals surface area contributed by atoms with E-state index in [4.69, 9.17) is 9.47 Å². The molecule has 0 heterocycles. The van der Waals surface area contributed by atoms with E-state index in [0.717, 1.165) is 57.2 Å². The topological polar surface area (TPSA) is 24.9 Å². The summed E-state index contributed by atoms with van der Waals surface area (Å²) in [6, 6.07) is 13.0. The Hall–Kier alpha value is -2.04. The Morgan fingerprint density at radius 1 is 0.636 bits per heavy atom. The van der Waals surface area contributed by atoms with Gasteiger partial charge in [0.05, 0.1) is 0 Å². The standard InChI is InChI=1S/C29H46N2O2/c1-9-30(10-2)20-24(7)32-28-15-13-22(5)17-26(28)19-27-18-23(6)14-16-29(27)33-25(8)21-31(11-3)12-4/h13-18,24-25H,9-12,19-21H2,1-8H3. The smallest absolute Gasteiger partial charge is 0.123 e. The largest absolute Gasteiger partial charge is 0.489 e.